The lowest BCUT2D eigenvalue weighted by Gasteiger charge is -2.07. The second-order valence-electron chi connectivity index (χ2n) is 11.5. The molecule has 21 heteroatoms. The molecule has 3 aliphatic heterocycles. The molecule has 3 fully saturated rings. The Kier molecular flexibility index (Phi) is 31.0. The largest absolute Gasteiger partial charge is 0.480 e. The molecule has 0 aromatic rings. The lowest BCUT2D eigenvalue weighted by Crippen LogP contribution is -2.31. The van der Waals surface area contributed by atoms with E-state index in [-0.39, 0.29) is 30.6 Å². The Labute approximate surface area is 291 Å². The number of aliphatic imine (C=N–C) groups is 1. The zero-order valence-electron chi connectivity index (χ0n) is 28.8. The van der Waals surface area contributed by atoms with Gasteiger partial charge in [-0.15, -0.1) is 0 Å². The second kappa shape index (κ2) is 30.9. The Balaban J connectivity index is -0.000000538. The van der Waals surface area contributed by atoms with Gasteiger partial charge in [-0.2, -0.15) is 0 Å². The van der Waals surface area contributed by atoms with Gasteiger partial charge in [-0.1, -0.05) is 13.8 Å². The van der Waals surface area contributed by atoms with Gasteiger partial charge in [0.25, 0.3) is 0 Å². The molecule has 292 valence electrons. The van der Waals surface area contributed by atoms with E-state index >= 15 is 0 Å². The van der Waals surface area contributed by atoms with E-state index in [1.54, 1.807) is 0 Å². The number of nitrogens with zero attached hydrogens (tertiary/aromatic N) is 1. The molecule has 0 aromatic carbocycles. The van der Waals surface area contributed by atoms with Crippen molar-refractivity contribution < 1.29 is 59.4 Å². The van der Waals surface area contributed by atoms with Gasteiger partial charge in [-0.3, -0.25) is 33.8 Å². The van der Waals surface area contributed by atoms with E-state index in [9.17, 15) is 28.8 Å². The maximum absolute atomic E-state index is 10.2. The highest BCUT2D eigenvalue weighted by atomic mass is 16.4. The molecule has 21 nitrogen and oxygen atoms in total. The first-order chi connectivity index (χ1) is 23.3. The van der Waals surface area contributed by atoms with Crippen LogP contribution in [0.5, 0.6) is 0 Å². The van der Waals surface area contributed by atoms with Gasteiger partial charge in [-0.05, 0) is 83.3 Å². The Morgan fingerprint density at radius 3 is 1.18 bits per heavy atom. The van der Waals surface area contributed by atoms with Gasteiger partial charge in [0.1, 0.15) is 30.2 Å². The van der Waals surface area contributed by atoms with Gasteiger partial charge in [0.05, 0.1) is 6.54 Å². The number of carbonyl (C=O) groups is 6. The minimum atomic E-state index is -1.00. The molecular formula is C29H59N9O12. The van der Waals surface area contributed by atoms with Crippen LogP contribution in [0.4, 0.5) is 0 Å². The molecule has 19 N–H and O–H groups in total. The Hall–Kier alpha value is -4.15. The highest BCUT2D eigenvalue weighted by molar-refractivity contribution is 5.76. The van der Waals surface area contributed by atoms with Gasteiger partial charge in [-0.25, -0.2) is 0 Å². The highest BCUT2D eigenvalue weighted by Crippen LogP contribution is 2.05. The van der Waals surface area contributed by atoms with Crippen molar-refractivity contribution in [1.82, 2.24) is 16.0 Å². The molecule has 3 aliphatic rings. The minimum Gasteiger partial charge on any atom is -0.480 e. The maximum atomic E-state index is 10.2. The summed E-state index contributed by atoms with van der Waals surface area (Å²) in [6, 6.07) is -2.32. The van der Waals surface area contributed by atoms with Gasteiger partial charge >= 0.3 is 35.8 Å². The summed E-state index contributed by atoms with van der Waals surface area (Å²) in [6.07, 6.45) is 6.86. The average Bonchev–Trinajstić information content (AvgIpc) is 3.84. The van der Waals surface area contributed by atoms with Crippen molar-refractivity contribution in [3.63, 3.8) is 0 Å². The van der Waals surface area contributed by atoms with Crippen LogP contribution in [0, 0.1) is 5.92 Å². The average molecular weight is 726 g/mol. The molecule has 0 spiro atoms. The van der Waals surface area contributed by atoms with Gasteiger partial charge < -0.3 is 75.3 Å². The Morgan fingerprint density at radius 1 is 0.680 bits per heavy atom. The third-order valence-electron chi connectivity index (χ3n) is 6.58. The SMILES string of the molecule is CC(C)CC(N)C(=O)O.NC(N)=NCCCC(N)C(=O)O.NCC(=O)O.O=C(O)[C@@H]1CCCN1.O=C(O)[C@@H]1CCCN1.O=C(O)[C@@H]1CCCN1. The van der Waals surface area contributed by atoms with Crippen molar-refractivity contribution in [1.29, 1.82) is 0 Å². The molecule has 0 amide bonds. The number of nitrogens with two attached hydrogens (primary N) is 5. The number of aliphatic carboxylic acids is 6. The molecule has 3 rings (SSSR count). The van der Waals surface area contributed by atoms with Crippen LogP contribution in [0.1, 0.15) is 71.6 Å². The summed E-state index contributed by atoms with van der Waals surface area (Å²) in [6.45, 7) is 6.61. The first-order valence-corrected chi connectivity index (χ1v) is 16.1. The van der Waals surface area contributed by atoms with Crippen LogP contribution in [0.15, 0.2) is 4.99 Å². The number of carboxylic acids is 6. The second-order valence-corrected chi connectivity index (χ2v) is 11.5. The molecule has 3 saturated heterocycles. The normalized spacial score (nSPS) is 19.7. The summed E-state index contributed by atoms with van der Waals surface area (Å²) in [7, 11) is 0. The van der Waals surface area contributed by atoms with Crippen LogP contribution in [0.25, 0.3) is 0 Å². The van der Waals surface area contributed by atoms with E-state index in [1.807, 2.05) is 13.8 Å². The molecule has 50 heavy (non-hydrogen) atoms. The van der Waals surface area contributed by atoms with Gasteiger partial charge in [0.15, 0.2) is 5.96 Å². The minimum absolute atomic E-state index is 0.0129. The number of hydrogen-bond acceptors (Lipinski definition) is 13. The van der Waals surface area contributed by atoms with E-state index in [0.717, 1.165) is 58.2 Å². The fourth-order valence-electron chi connectivity index (χ4n) is 3.94. The summed E-state index contributed by atoms with van der Waals surface area (Å²) in [5, 5.41) is 57.9. The molecule has 0 bridgehead atoms. The van der Waals surface area contributed by atoms with E-state index in [0.29, 0.717) is 31.7 Å². The van der Waals surface area contributed by atoms with E-state index in [4.69, 9.17) is 53.6 Å². The topological polar surface area (TPSA) is 402 Å². The fraction of sp³-hybridized carbons (Fsp3) is 0.759. The molecule has 3 heterocycles. The molecule has 0 radical (unpaired) electrons. The standard InChI is InChI=1S/C6H14N4O2.C6H13NO2.3C5H9NO2.C2H5NO2/c7-4(5(11)12)2-1-3-10-6(8)9;1-4(2)3-5(7)6(8)9;3*7-5(8)4-2-1-3-6-4;3-1-2(4)5/h4H,1-3,7H2,(H,11,12)(H4,8,9,10);4-5H,3,7H2,1-2H3,(H,8,9);3*4,6H,1-3H2,(H,7,8);1,3H2,(H,4,5)/t;;3*4-;/m..000./s1. The van der Waals surface area contributed by atoms with Crippen LogP contribution < -0.4 is 44.6 Å². The monoisotopic (exact) mass is 725 g/mol. The third kappa shape index (κ3) is 32.4. The Bertz CT molecular complexity index is 950. The quantitative estimate of drug-likeness (QED) is 0.0556. The summed E-state index contributed by atoms with van der Waals surface area (Å²) in [5.41, 5.74) is 25.1. The van der Waals surface area contributed by atoms with Crippen LogP contribution in [-0.2, 0) is 28.8 Å². The van der Waals surface area contributed by atoms with E-state index in [2.05, 4.69) is 26.7 Å². The number of nitrogens with one attached hydrogen (secondary N) is 3. The van der Waals surface area contributed by atoms with Crippen molar-refractivity contribution in [2.24, 2.45) is 39.6 Å². The predicted octanol–water partition coefficient (Wildman–Crippen LogP) is -2.61. The first-order valence-electron chi connectivity index (χ1n) is 16.1. The molecule has 0 aliphatic carbocycles. The van der Waals surface area contributed by atoms with E-state index in [1.165, 1.54) is 0 Å². The lowest BCUT2D eigenvalue weighted by atomic mass is 10.1. The molecule has 5 atom stereocenters. The summed E-state index contributed by atoms with van der Waals surface area (Å²) < 4.78 is 0. The first kappa shape index (κ1) is 50.2. The summed E-state index contributed by atoms with van der Waals surface area (Å²) >= 11 is 0. The van der Waals surface area contributed by atoms with Crippen molar-refractivity contribution in [3.8, 4) is 0 Å². The van der Waals surface area contributed by atoms with Crippen molar-refractivity contribution in [2.45, 2.75) is 102 Å². The van der Waals surface area contributed by atoms with Gasteiger partial charge in [0, 0.05) is 6.54 Å². The zero-order chi connectivity index (χ0) is 39.2. The van der Waals surface area contributed by atoms with Crippen LogP contribution >= 0.6 is 0 Å². The maximum Gasteiger partial charge on any atom is 0.320 e. The number of hydrogen-bond donors (Lipinski definition) is 14. The molecule has 0 aromatic heterocycles. The van der Waals surface area contributed by atoms with Crippen molar-refractivity contribution in [2.75, 3.05) is 32.7 Å². The molecular weight excluding hydrogens is 666 g/mol. The van der Waals surface area contributed by atoms with Crippen LogP contribution in [0.2, 0.25) is 0 Å². The number of guanidine groups is 1. The summed E-state index contributed by atoms with van der Waals surface area (Å²) in [4.78, 5) is 63.7. The van der Waals surface area contributed by atoms with Crippen molar-refractivity contribution in [3.05, 3.63) is 0 Å². The number of carboxylic acid groups (broad SMARTS) is 6. The smallest absolute Gasteiger partial charge is 0.320 e. The van der Waals surface area contributed by atoms with E-state index < -0.39 is 47.9 Å². The van der Waals surface area contributed by atoms with Crippen LogP contribution in [-0.4, -0.2) is 135 Å². The van der Waals surface area contributed by atoms with Crippen molar-refractivity contribution >= 4 is 41.8 Å². The third-order valence-corrected chi connectivity index (χ3v) is 6.58. The predicted molar refractivity (Wildman–Crippen MR) is 183 cm³/mol. The summed E-state index contributed by atoms with van der Waals surface area (Å²) in [5.74, 6) is -4.67. The van der Waals surface area contributed by atoms with Crippen LogP contribution in [0.3, 0.4) is 0 Å². The highest BCUT2D eigenvalue weighted by Gasteiger charge is 2.21. The fourth-order valence-corrected chi connectivity index (χ4v) is 3.94. The molecule has 0 saturated carbocycles. The number of rotatable bonds is 12. The lowest BCUT2D eigenvalue weighted by molar-refractivity contribution is -0.140. The Morgan fingerprint density at radius 2 is 1.02 bits per heavy atom. The van der Waals surface area contributed by atoms with Gasteiger partial charge in [0.2, 0.25) is 0 Å². The zero-order valence-corrected chi connectivity index (χ0v) is 28.8. The molecule has 2 unspecified atom stereocenters.